The number of rotatable bonds is 4. The summed E-state index contributed by atoms with van der Waals surface area (Å²) < 4.78 is 5.02. The average molecular weight is 420 g/mol. The topological polar surface area (TPSA) is 29.1 Å². The van der Waals surface area contributed by atoms with Crippen LogP contribution in [0.2, 0.25) is 13.1 Å². The first-order chi connectivity index (χ1) is 13.4. The molecule has 0 saturated heterocycles. The Labute approximate surface area is 174 Å². The summed E-state index contributed by atoms with van der Waals surface area (Å²) in [4.78, 5) is 13.1. The Kier molecular flexibility index (Phi) is 5.42. The molecule has 3 aromatic carbocycles. The van der Waals surface area contributed by atoms with Crippen LogP contribution >= 0.6 is 0 Å². The molecule has 141 valence electrons. The molecule has 0 radical (unpaired) electrons. The molecule has 28 heavy (non-hydrogen) atoms. The van der Waals surface area contributed by atoms with Crippen LogP contribution < -0.4 is 7.67 Å². The van der Waals surface area contributed by atoms with Gasteiger partial charge in [-0.1, -0.05) is 0 Å². The van der Waals surface area contributed by atoms with Gasteiger partial charge in [0.25, 0.3) is 0 Å². The zero-order valence-electron chi connectivity index (χ0n) is 17.0. The van der Waals surface area contributed by atoms with Crippen molar-refractivity contribution in [1.29, 1.82) is 0 Å². The number of amides is 1. The molecule has 0 saturated carbocycles. The van der Waals surface area contributed by atoms with E-state index in [9.17, 15) is 4.79 Å². The van der Waals surface area contributed by atoms with Gasteiger partial charge >= 0.3 is 175 Å². The molecule has 0 aromatic heterocycles. The minimum absolute atomic E-state index is 0.108. The fourth-order valence-corrected chi connectivity index (χ4v) is 13.2. The van der Waals surface area contributed by atoms with Crippen molar-refractivity contribution in [3.05, 3.63) is 88.5 Å². The Bertz CT molecular complexity index is 1040. The van der Waals surface area contributed by atoms with E-state index in [4.69, 9.17) is 0 Å². The van der Waals surface area contributed by atoms with Gasteiger partial charge in [-0.2, -0.15) is 0 Å². The summed E-state index contributed by atoms with van der Waals surface area (Å²) in [5.41, 5.74) is 8.69. The van der Waals surface area contributed by atoms with Crippen LogP contribution in [-0.2, 0) is 23.8 Å². The second-order valence-corrected chi connectivity index (χ2v) is 20.7. The third-order valence-electron chi connectivity index (χ3n) is 5.45. The van der Waals surface area contributed by atoms with Crippen molar-refractivity contribution in [2.24, 2.45) is 0 Å². The van der Waals surface area contributed by atoms with Gasteiger partial charge in [0, 0.05) is 0 Å². The first-order valence-electron chi connectivity index (χ1n) is 9.91. The summed E-state index contributed by atoms with van der Waals surface area (Å²) in [5.74, 6) is 0.108. The Balaban J connectivity index is 1.69. The fraction of sp³-hybridized carbons (Fsp3) is 0.208. The van der Waals surface area contributed by atoms with Gasteiger partial charge in [-0.25, -0.2) is 0 Å². The molecule has 3 aromatic rings. The van der Waals surface area contributed by atoms with Crippen LogP contribution in [0, 0.1) is 13.8 Å². The number of hydrogen-bond acceptors (Lipinski definition) is 1. The molecule has 1 amide bonds. The number of nitrogens with one attached hydrogen (secondary N) is 1. The van der Waals surface area contributed by atoms with Gasteiger partial charge in [0.15, 0.2) is 0 Å². The minimum atomic E-state index is -1.90. The summed E-state index contributed by atoms with van der Waals surface area (Å²) in [5, 5.41) is 0. The zero-order valence-corrected chi connectivity index (χ0v) is 19.7. The van der Waals surface area contributed by atoms with Crippen LogP contribution in [-0.4, -0.2) is 12.6 Å². The van der Waals surface area contributed by atoms with Gasteiger partial charge in [0.1, 0.15) is 0 Å². The molecule has 1 aliphatic carbocycles. The van der Waals surface area contributed by atoms with E-state index < -0.39 is 24.0 Å². The van der Waals surface area contributed by atoms with Gasteiger partial charge in [0.2, 0.25) is 0 Å². The fourth-order valence-electron chi connectivity index (χ4n) is 4.23. The summed E-state index contributed by atoms with van der Waals surface area (Å²) >= 11 is -1.90. The molecule has 0 atom stereocenters. The van der Waals surface area contributed by atoms with E-state index in [1.165, 1.54) is 26.1 Å². The standard InChI is InChI=1S/C13H9.C9H11NO.C2H7Si.Ti/c1-3-7-12-10(5-1)9-11-6-2-4-8-13(11)12;1-6-3-7(2)5-8(4-6)9(10)11;1-3-2;/h1-5,7-8H,9H2;3-5H,1-2H3,(H2,10,11);3H,1-2H3;/q;;;+1/p-1. The average Bonchev–Trinajstić information content (AvgIpc) is 3.04. The van der Waals surface area contributed by atoms with Crippen LogP contribution in [0.25, 0.3) is 11.1 Å². The predicted molar refractivity (Wildman–Crippen MR) is 117 cm³/mol. The Morgan fingerprint density at radius 1 is 0.929 bits per heavy atom. The maximum atomic E-state index is 13.1. The van der Waals surface area contributed by atoms with E-state index in [1.54, 1.807) is 0 Å². The van der Waals surface area contributed by atoms with Crippen molar-refractivity contribution in [2.75, 3.05) is 0 Å². The summed E-state index contributed by atoms with van der Waals surface area (Å²) in [6.45, 7) is 7.87. The molecular weight excluding hydrogens is 394 g/mol. The molecule has 4 rings (SSSR count). The monoisotopic (exact) mass is 420 g/mol. The van der Waals surface area contributed by atoms with E-state index >= 15 is 0 Å². The summed E-state index contributed by atoms with van der Waals surface area (Å²) in [7, 11) is 0. The molecular formula is C24H26NOSiTi. The molecule has 0 fully saturated rings. The van der Waals surface area contributed by atoms with E-state index in [0.29, 0.717) is 0 Å². The number of fused-ring (bicyclic) bond motifs is 3. The maximum absolute atomic E-state index is 13.1. The molecule has 0 bridgehead atoms. The van der Waals surface area contributed by atoms with Crippen molar-refractivity contribution in [1.82, 2.24) is 3.80 Å². The van der Waals surface area contributed by atoms with E-state index in [1.807, 2.05) is 12.1 Å². The third kappa shape index (κ3) is 3.67. The van der Waals surface area contributed by atoms with Crippen LogP contribution in [0.4, 0.5) is 0 Å². The van der Waals surface area contributed by atoms with Crippen molar-refractivity contribution in [3.63, 3.8) is 0 Å². The van der Waals surface area contributed by atoms with E-state index in [2.05, 4.69) is 79.3 Å². The molecule has 1 N–H and O–H groups in total. The Morgan fingerprint density at radius 2 is 1.61 bits per heavy atom. The second kappa shape index (κ2) is 7.82. The second-order valence-electron chi connectivity index (χ2n) is 8.06. The molecule has 0 aliphatic heterocycles. The predicted octanol–water partition coefficient (Wildman–Crippen LogP) is 4.45. The van der Waals surface area contributed by atoms with Gasteiger partial charge in [-0.3, -0.25) is 0 Å². The molecule has 4 heteroatoms. The zero-order chi connectivity index (χ0) is 19.8. The summed E-state index contributed by atoms with van der Waals surface area (Å²) in [6, 6.07) is 21.6. The quantitative estimate of drug-likeness (QED) is 0.486. The van der Waals surface area contributed by atoms with Crippen molar-refractivity contribution >= 4 is 16.4 Å². The van der Waals surface area contributed by atoms with Crippen LogP contribution in [0.5, 0.6) is 0 Å². The van der Waals surface area contributed by atoms with Crippen molar-refractivity contribution < 1.29 is 22.2 Å². The first kappa shape index (κ1) is 19.4. The third-order valence-corrected chi connectivity index (χ3v) is 16.3. The van der Waals surface area contributed by atoms with Gasteiger partial charge < -0.3 is 0 Å². The molecule has 0 heterocycles. The molecule has 2 nitrogen and oxygen atoms in total. The first-order valence-corrected chi connectivity index (χ1v) is 17.1. The normalized spacial score (nSPS) is 11.9. The van der Waals surface area contributed by atoms with Crippen LogP contribution in [0.1, 0.15) is 32.6 Å². The van der Waals surface area contributed by atoms with Crippen molar-refractivity contribution in [2.45, 2.75) is 33.4 Å². The number of carbonyl (C=O) groups excluding carboxylic acids is 1. The van der Waals surface area contributed by atoms with Crippen LogP contribution in [0.3, 0.4) is 0 Å². The Morgan fingerprint density at radius 3 is 2.32 bits per heavy atom. The van der Waals surface area contributed by atoms with Gasteiger partial charge in [-0.15, -0.1) is 0 Å². The molecule has 1 aliphatic rings. The number of hydrogen-bond donors (Lipinski definition) is 1. The van der Waals surface area contributed by atoms with E-state index in [-0.39, 0.29) is 5.91 Å². The van der Waals surface area contributed by atoms with Gasteiger partial charge in [-0.05, 0) is 0 Å². The molecule has 0 spiro atoms. The van der Waals surface area contributed by atoms with E-state index in [0.717, 1.165) is 23.1 Å². The number of benzene rings is 3. The number of carbonyl (C=O) groups is 1. The Hall–Kier alpha value is -1.94. The van der Waals surface area contributed by atoms with Crippen LogP contribution in [0.15, 0.2) is 60.7 Å². The molecule has 0 unspecified atom stereocenters. The van der Waals surface area contributed by atoms with Gasteiger partial charge in [0.05, 0.1) is 0 Å². The SMILES string of the molecule is Cc1cc(C)cc(C(=O)[NH][Ti]([c]2cccc3c2Cc2ccccc2-3)[SiH](C)C)c1. The van der Waals surface area contributed by atoms with Crippen molar-refractivity contribution in [3.8, 4) is 11.1 Å². The summed E-state index contributed by atoms with van der Waals surface area (Å²) in [6.07, 6.45) is 0.999. The number of aryl methyl sites for hydroxylation is 2.